The van der Waals surface area contributed by atoms with Crippen LogP contribution in [-0.4, -0.2) is 17.0 Å². The maximum Gasteiger partial charge on any atom is 0.303 e. The molecule has 0 aliphatic carbocycles. The first-order valence-corrected chi connectivity index (χ1v) is 6.60. The number of benzene rings is 1. The minimum absolute atomic E-state index is 0.0700. The van der Waals surface area contributed by atoms with Crippen molar-refractivity contribution in [2.24, 2.45) is 0 Å². The Kier molecular flexibility index (Phi) is 5.67. The number of amides is 1. The second kappa shape index (κ2) is 7.03. The Labute approximate surface area is 118 Å². The van der Waals surface area contributed by atoms with Crippen molar-refractivity contribution < 1.29 is 19.1 Å². The summed E-state index contributed by atoms with van der Waals surface area (Å²) in [5.41, 5.74) is 0.0304. The van der Waals surface area contributed by atoms with Crippen molar-refractivity contribution >= 4 is 11.9 Å². The van der Waals surface area contributed by atoms with Gasteiger partial charge in [0.1, 0.15) is 5.82 Å². The molecule has 4 nitrogen and oxygen atoms in total. The molecule has 5 heteroatoms. The van der Waals surface area contributed by atoms with Crippen LogP contribution in [0.4, 0.5) is 4.39 Å². The molecule has 1 aromatic rings. The van der Waals surface area contributed by atoms with Gasteiger partial charge in [0.15, 0.2) is 0 Å². The van der Waals surface area contributed by atoms with Crippen LogP contribution in [0.3, 0.4) is 0 Å². The van der Waals surface area contributed by atoms with Gasteiger partial charge in [0.25, 0.3) is 0 Å². The maximum absolute atomic E-state index is 13.2. The molecule has 0 aliphatic rings. The predicted molar refractivity (Wildman–Crippen MR) is 73.7 cm³/mol. The lowest BCUT2D eigenvalue weighted by atomic mass is 9.94. The van der Waals surface area contributed by atoms with Crippen LogP contribution in [0.5, 0.6) is 0 Å². The Morgan fingerprint density at radius 2 is 1.90 bits per heavy atom. The number of carboxylic acid groups (broad SMARTS) is 1. The molecule has 1 amide bonds. The summed E-state index contributed by atoms with van der Waals surface area (Å²) in [6, 6.07) is 6.11. The van der Waals surface area contributed by atoms with Gasteiger partial charge in [0, 0.05) is 12.8 Å². The summed E-state index contributed by atoms with van der Waals surface area (Å²) in [6.45, 7) is 3.61. The highest BCUT2D eigenvalue weighted by Gasteiger charge is 2.22. The summed E-state index contributed by atoms with van der Waals surface area (Å²) < 4.78 is 13.2. The van der Waals surface area contributed by atoms with Gasteiger partial charge >= 0.3 is 5.97 Å². The molecule has 20 heavy (non-hydrogen) atoms. The summed E-state index contributed by atoms with van der Waals surface area (Å²) in [4.78, 5) is 22.2. The topological polar surface area (TPSA) is 66.4 Å². The van der Waals surface area contributed by atoms with Crippen LogP contribution < -0.4 is 5.32 Å². The lowest BCUT2D eigenvalue weighted by Gasteiger charge is -2.27. The number of halogens is 1. The third-order valence-corrected chi connectivity index (χ3v) is 3.04. The highest BCUT2D eigenvalue weighted by Crippen LogP contribution is 2.21. The molecule has 0 saturated carbocycles. The standard InChI is InChI=1S/C15H20FNO3/c1-15(2,11-6-5-7-12(16)10-11)17-13(18)8-3-4-9-14(19)20/h5-7,10H,3-4,8-9H2,1-2H3,(H,17,18)(H,19,20). The van der Waals surface area contributed by atoms with Crippen LogP contribution in [0.25, 0.3) is 0 Å². The summed E-state index contributed by atoms with van der Waals surface area (Å²) >= 11 is 0. The fourth-order valence-corrected chi connectivity index (χ4v) is 1.92. The van der Waals surface area contributed by atoms with Crippen molar-refractivity contribution in [2.75, 3.05) is 0 Å². The molecule has 0 atom stereocenters. The zero-order valence-electron chi connectivity index (χ0n) is 11.8. The minimum atomic E-state index is -0.856. The van der Waals surface area contributed by atoms with E-state index < -0.39 is 11.5 Å². The average molecular weight is 281 g/mol. The van der Waals surface area contributed by atoms with Gasteiger partial charge < -0.3 is 10.4 Å². The zero-order valence-corrected chi connectivity index (χ0v) is 11.8. The molecule has 0 aliphatic heterocycles. The first-order chi connectivity index (χ1) is 9.31. The van der Waals surface area contributed by atoms with E-state index in [0.717, 1.165) is 0 Å². The Hall–Kier alpha value is -1.91. The van der Waals surface area contributed by atoms with Crippen molar-refractivity contribution in [3.63, 3.8) is 0 Å². The van der Waals surface area contributed by atoms with Crippen LogP contribution >= 0.6 is 0 Å². The number of aliphatic carboxylic acids is 1. The first kappa shape index (κ1) is 16.1. The smallest absolute Gasteiger partial charge is 0.303 e. The number of hydrogen-bond donors (Lipinski definition) is 2. The van der Waals surface area contributed by atoms with E-state index >= 15 is 0 Å². The average Bonchev–Trinajstić information content (AvgIpc) is 2.34. The Morgan fingerprint density at radius 1 is 1.25 bits per heavy atom. The summed E-state index contributed by atoms with van der Waals surface area (Å²) in [6.07, 6.45) is 1.34. The van der Waals surface area contributed by atoms with Crippen molar-refractivity contribution in [3.05, 3.63) is 35.6 Å². The number of carbonyl (C=O) groups excluding carboxylic acids is 1. The van der Waals surface area contributed by atoms with Crippen LogP contribution in [-0.2, 0) is 15.1 Å². The molecular formula is C15H20FNO3. The molecule has 0 radical (unpaired) electrons. The quantitative estimate of drug-likeness (QED) is 0.755. The lowest BCUT2D eigenvalue weighted by molar-refractivity contribution is -0.137. The normalized spacial score (nSPS) is 11.2. The fourth-order valence-electron chi connectivity index (χ4n) is 1.92. The second-order valence-electron chi connectivity index (χ2n) is 5.28. The third kappa shape index (κ3) is 5.38. The molecule has 0 aromatic heterocycles. The molecule has 1 aromatic carbocycles. The fraction of sp³-hybridized carbons (Fsp3) is 0.467. The van der Waals surface area contributed by atoms with Crippen molar-refractivity contribution in [3.8, 4) is 0 Å². The van der Waals surface area contributed by atoms with Crippen molar-refractivity contribution in [1.82, 2.24) is 5.32 Å². The molecule has 0 bridgehead atoms. The molecule has 0 heterocycles. The van der Waals surface area contributed by atoms with Gasteiger partial charge in [0.05, 0.1) is 5.54 Å². The van der Waals surface area contributed by atoms with Crippen molar-refractivity contribution in [1.29, 1.82) is 0 Å². The summed E-state index contributed by atoms with van der Waals surface area (Å²) in [7, 11) is 0. The van der Waals surface area contributed by atoms with Crippen molar-refractivity contribution in [2.45, 2.75) is 45.1 Å². The van der Waals surface area contributed by atoms with E-state index in [2.05, 4.69) is 5.32 Å². The minimum Gasteiger partial charge on any atom is -0.481 e. The van der Waals surface area contributed by atoms with Gasteiger partial charge in [-0.2, -0.15) is 0 Å². The zero-order chi connectivity index (χ0) is 15.2. The van der Waals surface area contributed by atoms with Crippen LogP contribution in [0.15, 0.2) is 24.3 Å². The molecule has 1 rings (SSSR count). The number of hydrogen-bond acceptors (Lipinski definition) is 2. The number of nitrogens with one attached hydrogen (secondary N) is 1. The van der Waals surface area contributed by atoms with Crippen LogP contribution in [0.1, 0.15) is 45.1 Å². The molecule has 0 unspecified atom stereocenters. The SMILES string of the molecule is CC(C)(NC(=O)CCCCC(=O)O)c1cccc(F)c1. The van der Waals surface area contributed by atoms with E-state index in [4.69, 9.17) is 5.11 Å². The molecule has 110 valence electrons. The maximum atomic E-state index is 13.2. The molecule has 0 saturated heterocycles. The van der Waals surface area contributed by atoms with Crippen LogP contribution in [0, 0.1) is 5.82 Å². The molecule has 0 fully saturated rings. The van der Waals surface area contributed by atoms with E-state index in [0.29, 0.717) is 18.4 Å². The van der Waals surface area contributed by atoms with E-state index in [1.54, 1.807) is 26.0 Å². The highest BCUT2D eigenvalue weighted by molar-refractivity contribution is 5.77. The second-order valence-corrected chi connectivity index (χ2v) is 5.28. The number of carbonyl (C=O) groups is 2. The van der Waals surface area contributed by atoms with Gasteiger partial charge in [-0.15, -0.1) is 0 Å². The highest BCUT2D eigenvalue weighted by atomic mass is 19.1. The Morgan fingerprint density at radius 3 is 2.50 bits per heavy atom. The van der Waals surface area contributed by atoms with E-state index in [9.17, 15) is 14.0 Å². The van der Waals surface area contributed by atoms with Crippen LogP contribution in [0.2, 0.25) is 0 Å². The monoisotopic (exact) mass is 281 g/mol. The van der Waals surface area contributed by atoms with Gasteiger partial charge in [-0.3, -0.25) is 9.59 Å². The Bertz CT molecular complexity index is 486. The third-order valence-electron chi connectivity index (χ3n) is 3.04. The lowest BCUT2D eigenvalue weighted by Crippen LogP contribution is -2.40. The van der Waals surface area contributed by atoms with E-state index in [1.807, 2.05) is 0 Å². The summed E-state index contributed by atoms with van der Waals surface area (Å²) in [5, 5.41) is 11.3. The van der Waals surface area contributed by atoms with E-state index in [-0.39, 0.29) is 24.6 Å². The van der Waals surface area contributed by atoms with E-state index in [1.165, 1.54) is 12.1 Å². The van der Waals surface area contributed by atoms with Gasteiger partial charge in [0.2, 0.25) is 5.91 Å². The Balaban J connectivity index is 2.49. The summed E-state index contributed by atoms with van der Waals surface area (Å²) in [5.74, 6) is -1.36. The molecule has 2 N–H and O–H groups in total. The number of rotatable bonds is 7. The predicted octanol–water partition coefficient (Wildman–Crippen LogP) is 2.82. The largest absolute Gasteiger partial charge is 0.481 e. The number of carboxylic acids is 1. The number of unbranched alkanes of at least 4 members (excludes halogenated alkanes) is 1. The molecular weight excluding hydrogens is 261 g/mol. The van der Waals surface area contributed by atoms with Gasteiger partial charge in [-0.25, -0.2) is 4.39 Å². The molecule has 0 spiro atoms. The van der Waals surface area contributed by atoms with Gasteiger partial charge in [-0.1, -0.05) is 12.1 Å². The first-order valence-electron chi connectivity index (χ1n) is 6.60. The van der Waals surface area contributed by atoms with Gasteiger partial charge in [-0.05, 0) is 44.4 Å².